The monoisotopic (exact) mass is 1070 g/mol. The first-order valence-corrected chi connectivity index (χ1v) is 34.9. The average molecular weight is 1070 g/mol. The molecule has 6 heteroatoms. The molecule has 0 fully saturated rings. The van der Waals surface area contributed by atoms with E-state index in [4.69, 9.17) is 4.74 Å². The molecular weight excluding hydrogens is 935 g/mol. The number of rotatable bonds is 66. The van der Waals surface area contributed by atoms with Crippen molar-refractivity contribution < 1.29 is 24.5 Å². The van der Waals surface area contributed by atoms with Crippen molar-refractivity contribution in [3.63, 3.8) is 0 Å². The standard InChI is InChI=1S/C70H137NO5/c1-3-5-7-9-11-13-15-17-19-30-34-38-42-46-50-54-58-62-68(73)67(66-72)71-69(74)63-59-55-51-47-43-39-35-32-28-26-24-22-21-23-25-27-29-33-37-41-45-49-53-57-61-65-76-70(75)64-60-56-52-48-44-40-36-31-20-18-16-14-12-10-8-6-4-2/h22,24,67-68,72-73H,3-21,23,25-66H2,1-2H3,(H,71,74)/b24-22-. The highest BCUT2D eigenvalue weighted by Crippen LogP contribution is 2.19. The van der Waals surface area contributed by atoms with Gasteiger partial charge < -0.3 is 20.3 Å². The molecule has 0 aliphatic carbocycles. The molecule has 0 aliphatic heterocycles. The van der Waals surface area contributed by atoms with E-state index >= 15 is 0 Å². The second kappa shape index (κ2) is 66.1. The van der Waals surface area contributed by atoms with Gasteiger partial charge in [-0.3, -0.25) is 9.59 Å². The number of carbonyl (C=O) groups excluding carboxylic acids is 2. The lowest BCUT2D eigenvalue weighted by Crippen LogP contribution is -2.45. The van der Waals surface area contributed by atoms with Crippen LogP contribution in [-0.2, 0) is 14.3 Å². The van der Waals surface area contributed by atoms with Gasteiger partial charge in [0.2, 0.25) is 5.91 Å². The summed E-state index contributed by atoms with van der Waals surface area (Å²) in [5, 5.41) is 23.4. The zero-order valence-electron chi connectivity index (χ0n) is 51.8. The number of hydrogen-bond acceptors (Lipinski definition) is 5. The Bertz CT molecular complexity index is 1140. The van der Waals surface area contributed by atoms with Crippen molar-refractivity contribution in [1.29, 1.82) is 0 Å². The fourth-order valence-electron chi connectivity index (χ4n) is 11.2. The molecule has 452 valence electrons. The second-order valence-corrected chi connectivity index (χ2v) is 24.2. The SMILES string of the molecule is CCCCCCCCCCCCCCCCCCCC(=O)OCCCCCCCCCCCCCC/C=C\CCCCCCCCCCCC(=O)NC(CO)C(O)CCCCCCCCCCCCCCCCCCC. The molecule has 0 saturated heterocycles. The third-order valence-electron chi connectivity index (χ3n) is 16.6. The Hall–Kier alpha value is -1.40. The molecule has 2 unspecified atom stereocenters. The maximum atomic E-state index is 12.5. The van der Waals surface area contributed by atoms with E-state index < -0.39 is 12.1 Å². The van der Waals surface area contributed by atoms with Gasteiger partial charge in [0.25, 0.3) is 0 Å². The van der Waals surface area contributed by atoms with Crippen LogP contribution in [0.15, 0.2) is 12.2 Å². The van der Waals surface area contributed by atoms with Gasteiger partial charge >= 0.3 is 5.97 Å². The summed E-state index contributed by atoms with van der Waals surface area (Å²) in [5.41, 5.74) is 0. The molecule has 0 heterocycles. The first-order valence-electron chi connectivity index (χ1n) is 34.9. The number of nitrogens with one attached hydrogen (secondary N) is 1. The number of ether oxygens (including phenoxy) is 1. The molecule has 0 aromatic rings. The van der Waals surface area contributed by atoms with E-state index in [-0.39, 0.29) is 18.5 Å². The Labute approximate surface area is 476 Å². The Morgan fingerprint density at radius 2 is 0.618 bits per heavy atom. The topological polar surface area (TPSA) is 95.9 Å². The number of hydrogen-bond donors (Lipinski definition) is 3. The van der Waals surface area contributed by atoms with Gasteiger partial charge in [0.1, 0.15) is 0 Å². The molecule has 1 amide bonds. The molecule has 0 radical (unpaired) electrons. The molecule has 6 nitrogen and oxygen atoms in total. The van der Waals surface area contributed by atoms with Gasteiger partial charge in [0, 0.05) is 12.8 Å². The Morgan fingerprint density at radius 1 is 0.355 bits per heavy atom. The van der Waals surface area contributed by atoms with Crippen LogP contribution >= 0.6 is 0 Å². The van der Waals surface area contributed by atoms with Gasteiger partial charge in [0.15, 0.2) is 0 Å². The number of esters is 1. The predicted octanol–water partition coefficient (Wildman–Crippen LogP) is 22.4. The molecule has 0 aliphatic rings. The summed E-state index contributed by atoms with van der Waals surface area (Å²) in [6.07, 6.45) is 81.1. The third kappa shape index (κ3) is 61.8. The summed E-state index contributed by atoms with van der Waals surface area (Å²) in [6.45, 7) is 5.00. The Morgan fingerprint density at radius 3 is 0.934 bits per heavy atom. The highest BCUT2D eigenvalue weighted by Gasteiger charge is 2.20. The van der Waals surface area contributed by atoms with Gasteiger partial charge in [-0.1, -0.05) is 347 Å². The minimum Gasteiger partial charge on any atom is -0.466 e. The molecule has 76 heavy (non-hydrogen) atoms. The highest BCUT2D eigenvalue weighted by atomic mass is 16.5. The molecule has 0 aromatic heterocycles. The second-order valence-electron chi connectivity index (χ2n) is 24.2. The minimum absolute atomic E-state index is 0.0185. The lowest BCUT2D eigenvalue weighted by molar-refractivity contribution is -0.143. The summed E-state index contributed by atoms with van der Waals surface area (Å²) in [4.78, 5) is 24.6. The van der Waals surface area contributed by atoms with E-state index in [0.717, 1.165) is 38.5 Å². The van der Waals surface area contributed by atoms with E-state index in [9.17, 15) is 19.8 Å². The summed E-state index contributed by atoms with van der Waals surface area (Å²) in [5.74, 6) is -0.0157. The van der Waals surface area contributed by atoms with Crippen LogP contribution in [0.4, 0.5) is 0 Å². The maximum Gasteiger partial charge on any atom is 0.305 e. The van der Waals surface area contributed by atoms with E-state index in [1.807, 2.05) is 0 Å². The number of carbonyl (C=O) groups is 2. The van der Waals surface area contributed by atoms with Gasteiger partial charge in [-0.05, 0) is 51.4 Å². The molecule has 0 spiro atoms. The lowest BCUT2D eigenvalue weighted by atomic mass is 10.0. The summed E-state index contributed by atoms with van der Waals surface area (Å²) < 4.78 is 5.50. The molecule has 0 rings (SSSR count). The maximum absolute atomic E-state index is 12.5. The minimum atomic E-state index is -0.666. The summed E-state index contributed by atoms with van der Waals surface area (Å²) in [6, 6.07) is -0.543. The van der Waals surface area contributed by atoms with Gasteiger partial charge in [-0.15, -0.1) is 0 Å². The molecule has 0 aromatic carbocycles. The molecule has 0 bridgehead atoms. The molecule has 0 saturated carbocycles. The van der Waals surface area contributed by atoms with Crippen molar-refractivity contribution in [3.05, 3.63) is 12.2 Å². The van der Waals surface area contributed by atoms with Crippen molar-refractivity contribution in [2.45, 2.75) is 411 Å². The van der Waals surface area contributed by atoms with Crippen molar-refractivity contribution in [1.82, 2.24) is 5.32 Å². The number of allylic oxidation sites excluding steroid dienone is 2. The smallest absolute Gasteiger partial charge is 0.305 e. The quantitative estimate of drug-likeness (QED) is 0.0320. The lowest BCUT2D eigenvalue weighted by Gasteiger charge is -2.22. The highest BCUT2D eigenvalue weighted by molar-refractivity contribution is 5.76. The number of aliphatic hydroxyl groups is 2. The van der Waals surface area contributed by atoms with Crippen LogP contribution in [0.5, 0.6) is 0 Å². The van der Waals surface area contributed by atoms with Gasteiger partial charge in [-0.2, -0.15) is 0 Å². The van der Waals surface area contributed by atoms with E-state index in [1.54, 1.807) is 0 Å². The molecule has 2 atom stereocenters. The zero-order valence-corrected chi connectivity index (χ0v) is 51.8. The van der Waals surface area contributed by atoms with Gasteiger partial charge in [-0.25, -0.2) is 0 Å². The first-order chi connectivity index (χ1) is 37.5. The number of amides is 1. The van der Waals surface area contributed by atoms with Crippen molar-refractivity contribution in [3.8, 4) is 0 Å². The summed E-state index contributed by atoms with van der Waals surface area (Å²) in [7, 11) is 0. The molecular formula is C70H137NO5. The van der Waals surface area contributed by atoms with Crippen LogP contribution < -0.4 is 5.32 Å². The number of aliphatic hydroxyl groups excluding tert-OH is 2. The van der Waals surface area contributed by atoms with E-state index in [0.29, 0.717) is 25.9 Å². The van der Waals surface area contributed by atoms with Crippen LogP contribution in [0, 0.1) is 0 Å². The van der Waals surface area contributed by atoms with Crippen LogP contribution in [0.1, 0.15) is 399 Å². The van der Waals surface area contributed by atoms with Crippen LogP contribution in [0.25, 0.3) is 0 Å². The van der Waals surface area contributed by atoms with Crippen molar-refractivity contribution in [2.75, 3.05) is 13.2 Å². The Balaban J connectivity index is 3.37. The van der Waals surface area contributed by atoms with Crippen LogP contribution in [0.3, 0.4) is 0 Å². The summed E-state index contributed by atoms with van der Waals surface area (Å²) >= 11 is 0. The number of unbranched alkanes of at least 4 members (excludes halogenated alkanes) is 53. The zero-order chi connectivity index (χ0) is 55.0. The fourth-order valence-corrected chi connectivity index (χ4v) is 11.2. The fraction of sp³-hybridized carbons (Fsp3) is 0.943. The molecule has 3 N–H and O–H groups in total. The Kier molecular flexibility index (Phi) is 64.9. The van der Waals surface area contributed by atoms with E-state index in [1.165, 1.54) is 327 Å². The van der Waals surface area contributed by atoms with Gasteiger partial charge in [0.05, 0.1) is 25.4 Å². The third-order valence-corrected chi connectivity index (χ3v) is 16.6. The largest absolute Gasteiger partial charge is 0.466 e. The van der Waals surface area contributed by atoms with Crippen molar-refractivity contribution >= 4 is 11.9 Å². The first kappa shape index (κ1) is 74.6. The average Bonchev–Trinajstić information content (AvgIpc) is 3.42. The van der Waals surface area contributed by atoms with Crippen LogP contribution in [-0.4, -0.2) is 47.4 Å². The van der Waals surface area contributed by atoms with Crippen LogP contribution in [0.2, 0.25) is 0 Å². The normalized spacial score (nSPS) is 12.5. The predicted molar refractivity (Wildman–Crippen MR) is 333 cm³/mol. The van der Waals surface area contributed by atoms with Crippen molar-refractivity contribution in [2.24, 2.45) is 0 Å². The van der Waals surface area contributed by atoms with E-state index in [2.05, 4.69) is 31.3 Å².